The molecule has 1 atom stereocenters. The minimum Gasteiger partial charge on any atom is -0.315 e. The van der Waals surface area contributed by atoms with Crippen LogP contribution in [0.2, 0.25) is 0 Å². The molecule has 6 heteroatoms. The van der Waals surface area contributed by atoms with Crippen LogP contribution < -0.4 is 5.32 Å². The van der Waals surface area contributed by atoms with Gasteiger partial charge in [-0.15, -0.1) is 0 Å². The Balaban J connectivity index is 2.54. The Bertz CT molecular complexity index is 297. The van der Waals surface area contributed by atoms with Crippen LogP contribution in [-0.2, 0) is 10.0 Å². The molecule has 1 rings (SSSR count). The van der Waals surface area contributed by atoms with Crippen LogP contribution in [0.25, 0.3) is 0 Å². The molecule has 0 aromatic heterocycles. The van der Waals surface area contributed by atoms with Crippen molar-refractivity contribution in [3.63, 3.8) is 0 Å². The number of sulfonamides is 1. The molecule has 0 aromatic carbocycles. The molecule has 0 saturated carbocycles. The highest BCUT2D eigenvalue weighted by molar-refractivity contribution is 7.89. The van der Waals surface area contributed by atoms with Crippen molar-refractivity contribution in [2.45, 2.75) is 18.1 Å². The summed E-state index contributed by atoms with van der Waals surface area (Å²) in [6.45, 7) is 2.85. The minimum atomic E-state index is -3.11. The van der Waals surface area contributed by atoms with Gasteiger partial charge in [0, 0.05) is 26.7 Å². The van der Waals surface area contributed by atoms with Crippen molar-refractivity contribution < 1.29 is 8.42 Å². The Labute approximate surface area is 98.8 Å². The Morgan fingerprint density at radius 1 is 1.25 bits per heavy atom. The Hall–Kier alpha value is -0.170. The van der Waals surface area contributed by atoms with Gasteiger partial charge in [0.25, 0.3) is 0 Å². The maximum atomic E-state index is 12.2. The highest BCUT2D eigenvalue weighted by Crippen LogP contribution is 2.14. The molecule has 16 heavy (non-hydrogen) atoms. The number of hydrogen-bond donors (Lipinski definition) is 1. The van der Waals surface area contributed by atoms with Gasteiger partial charge in [-0.05, 0) is 33.5 Å². The zero-order chi connectivity index (χ0) is 12.2. The average Bonchev–Trinajstić information content (AvgIpc) is 2.27. The second kappa shape index (κ2) is 5.95. The van der Waals surface area contributed by atoms with Gasteiger partial charge in [-0.3, -0.25) is 0 Å². The average molecular weight is 249 g/mol. The van der Waals surface area contributed by atoms with E-state index in [0.717, 1.165) is 25.9 Å². The van der Waals surface area contributed by atoms with Gasteiger partial charge in [-0.2, -0.15) is 0 Å². The normalized spacial score (nSPS) is 22.9. The number of piperidine rings is 1. The first-order chi connectivity index (χ1) is 7.44. The van der Waals surface area contributed by atoms with Crippen LogP contribution in [0.3, 0.4) is 0 Å². The monoisotopic (exact) mass is 249 g/mol. The van der Waals surface area contributed by atoms with Gasteiger partial charge in [-0.1, -0.05) is 0 Å². The van der Waals surface area contributed by atoms with Crippen LogP contribution in [0, 0.1) is 0 Å². The molecule has 0 amide bonds. The van der Waals surface area contributed by atoms with Crippen LogP contribution in [0.15, 0.2) is 0 Å². The van der Waals surface area contributed by atoms with E-state index in [1.165, 1.54) is 4.31 Å². The van der Waals surface area contributed by atoms with Gasteiger partial charge in [0.05, 0.1) is 5.25 Å². The maximum absolute atomic E-state index is 12.2. The van der Waals surface area contributed by atoms with Crippen LogP contribution in [0.1, 0.15) is 12.8 Å². The quantitative estimate of drug-likeness (QED) is 0.718. The van der Waals surface area contributed by atoms with Crippen LogP contribution in [0.5, 0.6) is 0 Å². The second-order valence-corrected chi connectivity index (χ2v) is 6.96. The van der Waals surface area contributed by atoms with E-state index in [4.69, 9.17) is 0 Å². The predicted molar refractivity (Wildman–Crippen MR) is 66.0 cm³/mol. The summed E-state index contributed by atoms with van der Waals surface area (Å²) in [7, 11) is 2.45. The summed E-state index contributed by atoms with van der Waals surface area (Å²) in [6.07, 6.45) is 1.73. The Kier molecular flexibility index (Phi) is 5.17. The van der Waals surface area contributed by atoms with Crippen molar-refractivity contribution in [1.29, 1.82) is 0 Å². The van der Waals surface area contributed by atoms with Crippen LogP contribution in [-0.4, -0.2) is 70.2 Å². The molecule has 1 unspecified atom stereocenters. The summed E-state index contributed by atoms with van der Waals surface area (Å²) in [5, 5.41) is 2.90. The standard InChI is InChI=1S/C10H23N3O2S/c1-12(2)7-8-13(3)16(14,15)10-5-4-6-11-9-10/h10-11H,4-9H2,1-3H3. The molecule has 1 saturated heterocycles. The fourth-order valence-corrected chi connectivity index (χ4v) is 3.43. The molecule has 1 aliphatic rings. The maximum Gasteiger partial charge on any atom is 0.218 e. The van der Waals surface area contributed by atoms with Crippen molar-refractivity contribution >= 4 is 10.0 Å². The van der Waals surface area contributed by atoms with Gasteiger partial charge in [0.2, 0.25) is 10.0 Å². The largest absolute Gasteiger partial charge is 0.315 e. The van der Waals surface area contributed by atoms with E-state index >= 15 is 0 Å². The van der Waals surface area contributed by atoms with E-state index < -0.39 is 10.0 Å². The molecule has 1 heterocycles. The molecule has 0 bridgehead atoms. The highest BCUT2D eigenvalue weighted by Gasteiger charge is 2.30. The zero-order valence-electron chi connectivity index (χ0n) is 10.4. The summed E-state index contributed by atoms with van der Waals surface area (Å²) in [4.78, 5) is 1.99. The lowest BCUT2D eigenvalue weighted by Gasteiger charge is -2.28. The lowest BCUT2D eigenvalue weighted by molar-refractivity contribution is 0.352. The van der Waals surface area contributed by atoms with Crippen molar-refractivity contribution in [3.8, 4) is 0 Å². The number of likely N-dealkylation sites (N-methyl/N-ethyl adjacent to an activating group) is 2. The molecule has 0 spiro atoms. The Morgan fingerprint density at radius 2 is 1.94 bits per heavy atom. The third kappa shape index (κ3) is 3.69. The number of nitrogens with one attached hydrogen (secondary N) is 1. The first kappa shape index (κ1) is 13.9. The molecule has 1 aliphatic heterocycles. The number of rotatable bonds is 5. The van der Waals surface area contributed by atoms with Gasteiger partial charge < -0.3 is 10.2 Å². The van der Waals surface area contributed by atoms with E-state index in [9.17, 15) is 8.42 Å². The van der Waals surface area contributed by atoms with E-state index in [-0.39, 0.29) is 5.25 Å². The molecule has 0 aromatic rings. The van der Waals surface area contributed by atoms with Crippen molar-refractivity contribution in [2.24, 2.45) is 0 Å². The van der Waals surface area contributed by atoms with Gasteiger partial charge >= 0.3 is 0 Å². The highest BCUT2D eigenvalue weighted by atomic mass is 32.2. The fraction of sp³-hybridized carbons (Fsp3) is 1.00. The van der Waals surface area contributed by atoms with E-state index in [1.807, 2.05) is 19.0 Å². The van der Waals surface area contributed by atoms with Gasteiger partial charge in [-0.25, -0.2) is 12.7 Å². The van der Waals surface area contributed by atoms with Crippen LogP contribution >= 0.6 is 0 Å². The van der Waals surface area contributed by atoms with E-state index in [2.05, 4.69) is 5.32 Å². The lowest BCUT2D eigenvalue weighted by Crippen LogP contribution is -2.46. The lowest BCUT2D eigenvalue weighted by atomic mass is 10.2. The molecule has 96 valence electrons. The number of hydrogen-bond acceptors (Lipinski definition) is 4. The van der Waals surface area contributed by atoms with E-state index in [0.29, 0.717) is 13.1 Å². The van der Waals surface area contributed by atoms with Crippen LogP contribution in [0.4, 0.5) is 0 Å². The topological polar surface area (TPSA) is 52.7 Å². The van der Waals surface area contributed by atoms with E-state index in [1.54, 1.807) is 7.05 Å². The summed E-state index contributed by atoms with van der Waals surface area (Å²) in [5.74, 6) is 0. The van der Waals surface area contributed by atoms with Gasteiger partial charge in [0.15, 0.2) is 0 Å². The summed E-state index contributed by atoms with van der Waals surface area (Å²) >= 11 is 0. The third-order valence-electron chi connectivity index (χ3n) is 2.97. The molecular weight excluding hydrogens is 226 g/mol. The molecule has 0 radical (unpaired) electrons. The second-order valence-electron chi connectivity index (χ2n) is 4.64. The Morgan fingerprint density at radius 3 is 2.44 bits per heavy atom. The number of nitrogens with zero attached hydrogens (tertiary/aromatic N) is 2. The third-order valence-corrected chi connectivity index (χ3v) is 5.27. The minimum absolute atomic E-state index is 0.242. The predicted octanol–water partition coefficient (Wildman–Crippen LogP) is -0.438. The SMILES string of the molecule is CN(C)CCN(C)S(=O)(=O)C1CCCNC1. The first-order valence-electron chi connectivity index (χ1n) is 5.75. The molecule has 1 N–H and O–H groups in total. The fourth-order valence-electron chi connectivity index (χ4n) is 1.80. The molecule has 1 fully saturated rings. The summed E-state index contributed by atoms with van der Waals surface area (Å²) in [5.41, 5.74) is 0. The molecule has 5 nitrogen and oxygen atoms in total. The zero-order valence-corrected chi connectivity index (χ0v) is 11.3. The van der Waals surface area contributed by atoms with Gasteiger partial charge in [0.1, 0.15) is 0 Å². The van der Waals surface area contributed by atoms with Crippen molar-refractivity contribution in [2.75, 3.05) is 47.3 Å². The molecular formula is C10H23N3O2S. The molecule has 0 aliphatic carbocycles. The first-order valence-corrected chi connectivity index (χ1v) is 7.25. The van der Waals surface area contributed by atoms with Crippen molar-refractivity contribution in [1.82, 2.24) is 14.5 Å². The van der Waals surface area contributed by atoms with Crippen molar-refractivity contribution in [3.05, 3.63) is 0 Å². The summed E-state index contributed by atoms with van der Waals surface area (Å²) < 4.78 is 25.8. The summed E-state index contributed by atoms with van der Waals surface area (Å²) in [6, 6.07) is 0. The smallest absolute Gasteiger partial charge is 0.218 e.